The molecule has 2 aromatic rings. The Morgan fingerprint density at radius 2 is 2.00 bits per heavy atom. The number of rotatable bonds is 2. The van der Waals surface area contributed by atoms with E-state index in [1.165, 1.54) is 0 Å². The number of hydrogen-bond acceptors (Lipinski definition) is 2. The van der Waals surface area contributed by atoms with E-state index < -0.39 is 0 Å². The fourth-order valence-corrected chi connectivity index (χ4v) is 1.91. The fourth-order valence-electron chi connectivity index (χ4n) is 1.69. The molecule has 0 saturated heterocycles. The molecule has 92 valence electrons. The van der Waals surface area contributed by atoms with Crippen LogP contribution in [0.25, 0.3) is 0 Å². The van der Waals surface area contributed by atoms with Crippen LogP contribution in [-0.4, -0.2) is 10.9 Å². The number of aryl methyl sites for hydroxylation is 2. The molecule has 4 heteroatoms. The summed E-state index contributed by atoms with van der Waals surface area (Å²) in [5.74, 6) is -0.139. The smallest absolute Gasteiger partial charge is 0.256 e. The molecule has 2 rings (SSSR count). The van der Waals surface area contributed by atoms with Crippen molar-refractivity contribution >= 4 is 23.2 Å². The number of hydrogen-bond donors (Lipinski definition) is 1. The molecule has 18 heavy (non-hydrogen) atoms. The summed E-state index contributed by atoms with van der Waals surface area (Å²) in [5.41, 5.74) is 3.17. The maximum absolute atomic E-state index is 12.1. The van der Waals surface area contributed by atoms with Crippen LogP contribution in [0.5, 0.6) is 0 Å². The third kappa shape index (κ3) is 2.68. The van der Waals surface area contributed by atoms with Crippen LogP contribution >= 0.6 is 11.6 Å². The molecule has 0 unspecified atom stereocenters. The summed E-state index contributed by atoms with van der Waals surface area (Å²) < 4.78 is 0. The van der Waals surface area contributed by atoms with Crippen LogP contribution in [-0.2, 0) is 0 Å². The van der Waals surface area contributed by atoms with Crippen molar-refractivity contribution in [1.82, 2.24) is 4.98 Å². The molecule has 3 nitrogen and oxygen atoms in total. The highest BCUT2D eigenvalue weighted by molar-refractivity contribution is 6.30. The van der Waals surface area contributed by atoms with Crippen LogP contribution in [0.15, 0.2) is 36.7 Å². The standard InChI is InChI=1S/C14H13ClN2O/c1-9-7-11(15)3-4-13(9)17-14(18)12-5-6-16-8-10(12)2/h3-8H,1-2H3,(H,17,18). The summed E-state index contributed by atoms with van der Waals surface area (Å²) >= 11 is 5.87. The van der Waals surface area contributed by atoms with Gasteiger partial charge < -0.3 is 5.32 Å². The Bertz CT molecular complexity index is 596. The second-order valence-corrected chi connectivity index (χ2v) is 4.54. The van der Waals surface area contributed by atoms with Gasteiger partial charge in [-0.25, -0.2) is 0 Å². The Morgan fingerprint density at radius 1 is 1.22 bits per heavy atom. The molecule has 0 bridgehead atoms. The Hall–Kier alpha value is -1.87. The molecule has 0 aliphatic carbocycles. The van der Waals surface area contributed by atoms with Gasteiger partial charge in [0.05, 0.1) is 0 Å². The topological polar surface area (TPSA) is 42.0 Å². The molecule has 0 atom stereocenters. The lowest BCUT2D eigenvalue weighted by Gasteiger charge is -2.09. The van der Waals surface area contributed by atoms with Gasteiger partial charge in [0.15, 0.2) is 0 Å². The number of aromatic nitrogens is 1. The maximum atomic E-state index is 12.1. The van der Waals surface area contributed by atoms with Crippen molar-refractivity contribution in [3.8, 4) is 0 Å². The van der Waals surface area contributed by atoms with Crippen LogP contribution in [0.4, 0.5) is 5.69 Å². The van der Waals surface area contributed by atoms with E-state index in [-0.39, 0.29) is 5.91 Å². The molecule has 0 fully saturated rings. The van der Waals surface area contributed by atoms with Gasteiger partial charge in [0.25, 0.3) is 5.91 Å². The first-order valence-electron chi connectivity index (χ1n) is 5.56. The first-order valence-corrected chi connectivity index (χ1v) is 5.94. The largest absolute Gasteiger partial charge is 0.322 e. The SMILES string of the molecule is Cc1cc(Cl)ccc1NC(=O)c1ccncc1C. The van der Waals surface area contributed by atoms with Crippen molar-refractivity contribution in [1.29, 1.82) is 0 Å². The minimum atomic E-state index is -0.139. The van der Waals surface area contributed by atoms with Crippen LogP contribution in [0.2, 0.25) is 5.02 Å². The number of pyridine rings is 1. The van der Waals surface area contributed by atoms with Crippen LogP contribution in [0.1, 0.15) is 21.5 Å². The van der Waals surface area contributed by atoms with E-state index in [9.17, 15) is 4.79 Å². The van der Waals surface area contributed by atoms with Gasteiger partial charge in [0.1, 0.15) is 0 Å². The maximum Gasteiger partial charge on any atom is 0.256 e. The van der Waals surface area contributed by atoms with Crippen LogP contribution in [0, 0.1) is 13.8 Å². The molecular formula is C14H13ClN2O. The molecule has 1 heterocycles. The highest BCUT2D eigenvalue weighted by Crippen LogP contribution is 2.20. The quantitative estimate of drug-likeness (QED) is 0.896. The molecule has 0 saturated carbocycles. The minimum Gasteiger partial charge on any atom is -0.322 e. The summed E-state index contributed by atoms with van der Waals surface area (Å²) in [6.07, 6.45) is 3.28. The highest BCUT2D eigenvalue weighted by atomic mass is 35.5. The lowest BCUT2D eigenvalue weighted by Crippen LogP contribution is -2.14. The van der Waals surface area contributed by atoms with Crippen molar-refractivity contribution in [2.24, 2.45) is 0 Å². The van der Waals surface area contributed by atoms with Gasteiger partial charge in [-0.1, -0.05) is 11.6 Å². The first kappa shape index (κ1) is 12.6. The summed E-state index contributed by atoms with van der Waals surface area (Å²) in [5, 5.41) is 3.53. The zero-order valence-electron chi connectivity index (χ0n) is 10.2. The second-order valence-electron chi connectivity index (χ2n) is 4.10. The van der Waals surface area contributed by atoms with E-state index in [1.54, 1.807) is 30.6 Å². The molecular weight excluding hydrogens is 248 g/mol. The third-order valence-electron chi connectivity index (χ3n) is 2.70. The van der Waals surface area contributed by atoms with Gasteiger partial charge >= 0.3 is 0 Å². The van der Waals surface area contributed by atoms with E-state index in [1.807, 2.05) is 19.9 Å². The van der Waals surface area contributed by atoms with E-state index in [4.69, 9.17) is 11.6 Å². The number of anilines is 1. The molecule has 1 aromatic heterocycles. The first-order chi connectivity index (χ1) is 8.58. The molecule has 0 aliphatic heterocycles. The van der Waals surface area contributed by atoms with Crippen molar-refractivity contribution < 1.29 is 4.79 Å². The Balaban J connectivity index is 2.24. The molecule has 0 radical (unpaired) electrons. The van der Waals surface area contributed by atoms with Crippen molar-refractivity contribution in [2.75, 3.05) is 5.32 Å². The number of halogens is 1. The molecule has 1 amide bonds. The second kappa shape index (κ2) is 5.19. The number of nitrogens with one attached hydrogen (secondary N) is 1. The minimum absolute atomic E-state index is 0.139. The Morgan fingerprint density at radius 3 is 2.67 bits per heavy atom. The number of carbonyl (C=O) groups excluding carboxylic acids is 1. The van der Waals surface area contributed by atoms with Crippen molar-refractivity contribution in [3.05, 3.63) is 58.4 Å². The Kier molecular flexibility index (Phi) is 3.63. The zero-order chi connectivity index (χ0) is 13.1. The van der Waals surface area contributed by atoms with Gasteiger partial charge in [0.2, 0.25) is 0 Å². The van der Waals surface area contributed by atoms with Gasteiger partial charge in [-0.15, -0.1) is 0 Å². The van der Waals surface area contributed by atoms with Crippen LogP contribution < -0.4 is 5.32 Å². The van der Waals surface area contributed by atoms with E-state index in [0.29, 0.717) is 10.6 Å². The summed E-state index contributed by atoms with van der Waals surface area (Å²) in [6, 6.07) is 7.07. The number of carbonyl (C=O) groups is 1. The lowest BCUT2D eigenvalue weighted by atomic mass is 10.1. The summed E-state index contributed by atoms with van der Waals surface area (Å²) in [4.78, 5) is 16.1. The fraction of sp³-hybridized carbons (Fsp3) is 0.143. The molecule has 0 aliphatic rings. The van der Waals surface area contributed by atoms with Gasteiger partial charge in [-0.05, 0) is 49.2 Å². The van der Waals surface area contributed by atoms with Gasteiger partial charge in [-0.3, -0.25) is 9.78 Å². The monoisotopic (exact) mass is 260 g/mol. The molecule has 1 aromatic carbocycles. The van der Waals surface area contributed by atoms with Gasteiger partial charge in [-0.2, -0.15) is 0 Å². The van der Waals surface area contributed by atoms with E-state index in [0.717, 1.165) is 16.8 Å². The average molecular weight is 261 g/mol. The summed E-state index contributed by atoms with van der Waals surface area (Å²) in [7, 11) is 0. The van der Waals surface area contributed by atoms with E-state index >= 15 is 0 Å². The van der Waals surface area contributed by atoms with Crippen molar-refractivity contribution in [3.63, 3.8) is 0 Å². The number of amides is 1. The number of benzene rings is 1. The van der Waals surface area contributed by atoms with Crippen molar-refractivity contribution in [2.45, 2.75) is 13.8 Å². The average Bonchev–Trinajstić information content (AvgIpc) is 2.33. The molecule has 0 spiro atoms. The Labute approximate surface area is 111 Å². The van der Waals surface area contributed by atoms with E-state index in [2.05, 4.69) is 10.3 Å². The predicted molar refractivity (Wildman–Crippen MR) is 73.1 cm³/mol. The zero-order valence-corrected chi connectivity index (χ0v) is 11.0. The van der Waals surface area contributed by atoms with Crippen LogP contribution in [0.3, 0.4) is 0 Å². The highest BCUT2D eigenvalue weighted by Gasteiger charge is 2.10. The molecule has 1 N–H and O–H groups in total. The van der Waals surface area contributed by atoms with Gasteiger partial charge in [0, 0.05) is 28.7 Å². The lowest BCUT2D eigenvalue weighted by molar-refractivity contribution is 0.102. The summed E-state index contributed by atoms with van der Waals surface area (Å²) in [6.45, 7) is 3.76. The third-order valence-corrected chi connectivity index (χ3v) is 2.94. The predicted octanol–water partition coefficient (Wildman–Crippen LogP) is 3.60. The normalized spacial score (nSPS) is 10.2. The number of nitrogens with zero attached hydrogens (tertiary/aromatic N) is 1.